The maximum atomic E-state index is 11.7. The zero-order chi connectivity index (χ0) is 15.4. The third-order valence-corrected chi connectivity index (χ3v) is 4.20. The summed E-state index contributed by atoms with van der Waals surface area (Å²) in [6.45, 7) is 0. The van der Waals surface area contributed by atoms with Gasteiger partial charge in [-0.05, 0) is 35.7 Å². The smallest absolute Gasteiger partial charge is 0.281 e. The van der Waals surface area contributed by atoms with Crippen molar-refractivity contribution >= 4 is 39.4 Å². The minimum atomic E-state index is -0.231. The van der Waals surface area contributed by atoms with E-state index in [2.05, 4.69) is 26.5 Å². The molecule has 0 unspecified atom stereocenters. The van der Waals surface area contributed by atoms with Crippen LogP contribution in [0.3, 0.4) is 0 Å². The molecule has 2 aromatic heterocycles. The van der Waals surface area contributed by atoms with E-state index in [0.717, 1.165) is 15.8 Å². The molecular formula is C16H11BrN2O2S. The quantitative estimate of drug-likeness (QED) is 0.538. The number of carbonyl (C=O) groups is 1. The van der Waals surface area contributed by atoms with Crippen molar-refractivity contribution in [2.45, 2.75) is 0 Å². The van der Waals surface area contributed by atoms with Gasteiger partial charge in [0.2, 0.25) is 0 Å². The van der Waals surface area contributed by atoms with E-state index < -0.39 is 0 Å². The highest BCUT2D eigenvalue weighted by molar-refractivity contribution is 9.10. The Hall–Kier alpha value is -2.18. The predicted octanol–water partition coefficient (Wildman–Crippen LogP) is 4.53. The second-order valence-electron chi connectivity index (χ2n) is 4.39. The van der Waals surface area contributed by atoms with Crippen LogP contribution in [0.4, 0.5) is 0 Å². The van der Waals surface area contributed by atoms with E-state index in [1.165, 1.54) is 17.6 Å². The zero-order valence-electron chi connectivity index (χ0n) is 11.3. The third-order valence-electron chi connectivity index (χ3n) is 2.84. The molecule has 3 rings (SSSR count). The van der Waals surface area contributed by atoms with E-state index in [9.17, 15) is 4.79 Å². The second kappa shape index (κ2) is 6.72. The molecule has 1 N–H and O–H groups in total. The van der Waals surface area contributed by atoms with Gasteiger partial charge in [-0.15, -0.1) is 11.3 Å². The number of hydrazone groups is 1. The van der Waals surface area contributed by atoms with Gasteiger partial charge in [0.1, 0.15) is 11.5 Å². The molecule has 0 aliphatic rings. The van der Waals surface area contributed by atoms with Gasteiger partial charge in [-0.1, -0.05) is 34.1 Å². The first kappa shape index (κ1) is 14.7. The Balaban J connectivity index is 1.67. The number of amides is 1. The minimum absolute atomic E-state index is 0.231. The fourth-order valence-electron chi connectivity index (χ4n) is 1.84. The van der Waals surface area contributed by atoms with Crippen LogP contribution >= 0.6 is 27.3 Å². The average molecular weight is 375 g/mol. The molecule has 0 saturated carbocycles. The maximum Gasteiger partial charge on any atom is 0.281 e. The fraction of sp³-hybridized carbons (Fsp3) is 0. The molecule has 4 nitrogen and oxygen atoms in total. The number of halogens is 1. The molecule has 110 valence electrons. The molecule has 0 aliphatic carbocycles. The summed E-state index contributed by atoms with van der Waals surface area (Å²) in [6, 6.07) is 15.1. The first-order chi connectivity index (χ1) is 10.7. The summed E-state index contributed by atoms with van der Waals surface area (Å²) < 4.78 is 6.66. The van der Waals surface area contributed by atoms with Crippen LogP contribution in [0.25, 0.3) is 11.3 Å². The molecule has 6 heteroatoms. The zero-order valence-corrected chi connectivity index (χ0v) is 13.7. The lowest BCUT2D eigenvalue weighted by atomic mass is 10.2. The van der Waals surface area contributed by atoms with Gasteiger partial charge < -0.3 is 4.42 Å². The van der Waals surface area contributed by atoms with E-state index in [0.29, 0.717) is 10.6 Å². The maximum absolute atomic E-state index is 11.7. The van der Waals surface area contributed by atoms with Crippen LogP contribution in [0.15, 0.2) is 67.9 Å². The standard InChI is InChI=1S/C16H11BrN2O2S/c17-12-4-1-3-11(9-12)14-7-6-13(21-14)10-18-19-16(20)15-5-2-8-22-15/h1-10H,(H,19,20)/b18-10+. The number of carbonyl (C=O) groups excluding carboxylic acids is 1. The van der Waals surface area contributed by atoms with Crippen LogP contribution in [-0.2, 0) is 0 Å². The number of furan rings is 1. The third kappa shape index (κ3) is 3.52. The van der Waals surface area contributed by atoms with E-state index in [-0.39, 0.29) is 5.91 Å². The van der Waals surface area contributed by atoms with Crippen molar-refractivity contribution in [3.8, 4) is 11.3 Å². The van der Waals surface area contributed by atoms with Crippen LogP contribution in [0, 0.1) is 0 Å². The lowest BCUT2D eigenvalue weighted by molar-refractivity contribution is 0.0959. The molecule has 0 bridgehead atoms. The van der Waals surface area contributed by atoms with Crippen molar-refractivity contribution in [1.29, 1.82) is 0 Å². The molecule has 1 aromatic carbocycles. The highest BCUT2D eigenvalue weighted by Gasteiger charge is 2.05. The van der Waals surface area contributed by atoms with E-state index in [1.54, 1.807) is 12.1 Å². The van der Waals surface area contributed by atoms with Crippen LogP contribution in [-0.4, -0.2) is 12.1 Å². The van der Waals surface area contributed by atoms with Crippen LogP contribution in [0.5, 0.6) is 0 Å². The topological polar surface area (TPSA) is 54.6 Å². The van der Waals surface area contributed by atoms with Gasteiger partial charge in [0.25, 0.3) is 5.91 Å². The molecule has 3 aromatic rings. The number of nitrogens with one attached hydrogen (secondary N) is 1. The highest BCUT2D eigenvalue weighted by atomic mass is 79.9. The number of nitrogens with zero attached hydrogens (tertiary/aromatic N) is 1. The Morgan fingerprint density at radius 3 is 2.91 bits per heavy atom. The summed E-state index contributed by atoms with van der Waals surface area (Å²) in [6.07, 6.45) is 1.48. The molecule has 0 aliphatic heterocycles. The fourth-order valence-corrected chi connectivity index (χ4v) is 2.85. The second-order valence-corrected chi connectivity index (χ2v) is 6.25. The van der Waals surface area contributed by atoms with Crippen LogP contribution in [0.1, 0.15) is 15.4 Å². The Kier molecular flexibility index (Phi) is 4.50. The SMILES string of the molecule is O=C(N/N=C/c1ccc(-c2cccc(Br)c2)o1)c1cccs1. The van der Waals surface area contributed by atoms with Gasteiger partial charge in [0, 0.05) is 10.0 Å². The number of benzene rings is 1. The summed E-state index contributed by atoms with van der Waals surface area (Å²) in [5, 5.41) is 5.74. The van der Waals surface area contributed by atoms with Crippen LogP contribution in [0.2, 0.25) is 0 Å². The molecule has 1 amide bonds. The highest BCUT2D eigenvalue weighted by Crippen LogP contribution is 2.24. The molecule has 0 fully saturated rings. The summed E-state index contributed by atoms with van der Waals surface area (Å²) >= 11 is 4.79. The van der Waals surface area contributed by atoms with Crippen molar-refractivity contribution < 1.29 is 9.21 Å². The van der Waals surface area contributed by atoms with E-state index >= 15 is 0 Å². The Morgan fingerprint density at radius 2 is 2.14 bits per heavy atom. The molecule has 2 heterocycles. The van der Waals surface area contributed by atoms with Crippen molar-refractivity contribution in [2.75, 3.05) is 0 Å². The molecule has 0 radical (unpaired) electrons. The van der Waals surface area contributed by atoms with Gasteiger partial charge in [-0.25, -0.2) is 5.43 Å². The lowest BCUT2D eigenvalue weighted by Gasteiger charge is -1.97. The van der Waals surface area contributed by atoms with E-state index in [4.69, 9.17) is 4.42 Å². The van der Waals surface area contributed by atoms with Gasteiger partial charge in [-0.2, -0.15) is 5.10 Å². The van der Waals surface area contributed by atoms with Gasteiger partial charge in [0.15, 0.2) is 0 Å². The average Bonchev–Trinajstić information content (AvgIpc) is 3.19. The summed E-state index contributed by atoms with van der Waals surface area (Å²) in [5.74, 6) is 1.08. The summed E-state index contributed by atoms with van der Waals surface area (Å²) in [5.41, 5.74) is 3.43. The molecular weight excluding hydrogens is 364 g/mol. The van der Waals surface area contributed by atoms with Gasteiger partial charge in [0.05, 0.1) is 11.1 Å². The Labute approximate surface area is 139 Å². The normalized spacial score (nSPS) is 11.0. The minimum Gasteiger partial charge on any atom is -0.455 e. The first-order valence-electron chi connectivity index (χ1n) is 6.45. The summed E-state index contributed by atoms with van der Waals surface area (Å²) in [4.78, 5) is 12.3. The molecule has 0 spiro atoms. The number of rotatable bonds is 4. The van der Waals surface area contributed by atoms with Gasteiger partial charge in [-0.3, -0.25) is 4.79 Å². The van der Waals surface area contributed by atoms with Crippen molar-refractivity contribution in [3.63, 3.8) is 0 Å². The number of hydrogen-bond acceptors (Lipinski definition) is 4. The largest absolute Gasteiger partial charge is 0.455 e. The molecule has 22 heavy (non-hydrogen) atoms. The van der Waals surface area contributed by atoms with Crippen molar-refractivity contribution in [3.05, 3.63) is 69.0 Å². The predicted molar refractivity (Wildman–Crippen MR) is 91.2 cm³/mol. The van der Waals surface area contributed by atoms with Crippen molar-refractivity contribution in [1.82, 2.24) is 5.43 Å². The summed E-state index contributed by atoms with van der Waals surface area (Å²) in [7, 11) is 0. The Bertz CT molecular complexity index is 809. The van der Waals surface area contributed by atoms with Crippen LogP contribution < -0.4 is 5.43 Å². The van der Waals surface area contributed by atoms with Crippen molar-refractivity contribution in [2.24, 2.45) is 5.10 Å². The van der Waals surface area contributed by atoms with Gasteiger partial charge >= 0.3 is 0 Å². The Morgan fingerprint density at radius 1 is 1.23 bits per heavy atom. The lowest BCUT2D eigenvalue weighted by Crippen LogP contribution is -2.15. The number of thiophene rings is 1. The number of hydrogen-bond donors (Lipinski definition) is 1. The first-order valence-corrected chi connectivity index (χ1v) is 8.12. The molecule has 0 atom stereocenters. The van der Waals surface area contributed by atoms with E-state index in [1.807, 2.05) is 41.8 Å². The monoisotopic (exact) mass is 374 g/mol. The molecule has 0 saturated heterocycles.